The molecular weight excluding hydrogens is 326 g/mol. The Hall–Kier alpha value is -0.940. The van der Waals surface area contributed by atoms with Gasteiger partial charge in [0.15, 0.2) is 0 Å². The Morgan fingerprint density at radius 3 is 2.83 bits per heavy atom. The van der Waals surface area contributed by atoms with Crippen molar-refractivity contribution in [2.45, 2.75) is 19.9 Å². The molecule has 1 N–H and O–H groups in total. The number of hydrogen-bond donors (Lipinski definition) is 1. The summed E-state index contributed by atoms with van der Waals surface area (Å²) in [7, 11) is 0. The fraction of sp³-hybridized carbons (Fsp3) is 0.500. The van der Waals surface area contributed by atoms with Crippen molar-refractivity contribution in [3.8, 4) is 10.6 Å². The van der Waals surface area contributed by atoms with Gasteiger partial charge in [0, 0.05) is 24.0 Å². The van der Waals surface area contributed by atoms with Crippen LogP contribution in [-0.2, 0) is 6.54 Å². The molecule has 2 aliphatic heterocycles. The fourth-order valence-corrected chi connectivity index (χ4v) is 4.51. The highest BCUT2D eigenvalue weighted by atomic mass is 35.5. The molecule has 2 unspecified atom stereocenters. The molecule has 0 radical (unpaired) electrons. The normalized spacial score (nSPS) is 24.2. The molecule has 3 nitrogen and oxygen atoms in total. The van der Waals surface area contributed by atoms with Crippen LogP contribution in [0.2, 0.25) is 0 Å². The molecule has 2 atom stereocenters. The van der Waals surface area contributed by atoms with Gasteiger partial charge in [-0.05, 0) is 44.8 Å². The minimum atomic E-state index is 0. The van der Waals surface area contributed by atoms with E-state index in [-0.39, 0.29) is 12.4 Å². The van der Waals surface area contributed by atoms with Crippen LogP contribution in [0, 0.1) is 18.8 Å². The summed E-state index contributed by atoms with van der Waals surface area (Å²) in [4.78, 5) is 7.44. The molecule has 0 aliphatic carbocycles. The quantitative estimate of drug-likeness (QED) is 0.918. The molecule has 1 aromatic carbocycles. The third kappa shape index (κ3) is 3.77. The summed E-state index contributed by atoms with van der Waals surface area (Å²) >= 11 is 1.77. The van der Waals surface area contributed by atoms with Gasteiger partial charge < -0.3 is 5.32 Å². The molecule has 2 aromatic rings. The second-order valence-corrected chi connectivity index (χ2v) is 7.57. The van der Waals surface area contributed by atoms with E-state index in [9.17, 15) is 0 Å². The highest BCUT2D eigenvalue weighted by Crippen LogP contribution is 2.29. The lowest BCUT2D eigenvalue weighted by Gasteiger charge is -2.33. The maximum absolute atomic E-state index is 4.85. The number of fused-ring (bicyclic) bond motifs is 1. The van der Waals surface area contributed by atoms with Gasteiger partial charge in [-0.3, -0.25) is 4.90 Å². The Kier molecular flexibility index (Phi) is 5.37. The van der Waals surface area contributed by atoms with Crippen LogP contribution in [0.5, 0.6) is 0 Å². The van der Waals surface area contributed by atoms with Gasteiger partial charge in [-0.25, -0.2) is 4.98 Å². The van der Waals surface area contributed by atoms with Crippen LogP contribution >= 0.6 is 23.7 Å². The van der Waals surface area contributed by atoms with Crippen LogP contribution in [0.3, 0.4) is 0 Å². The van der Waals surface area contributed by atoms with Gasteiger partial charge >= 0.3 is 0 Å². The van der Waals surface area contributed by atoms with Crippen LogP contribution in [-0.4, -0.2) is 36.1 Å². The Balaban J connectivity index is 0.00000156. The van der Waals surface area contributed by atoms with Gasteiger partial charge in [0.05, 0.1) is 5.69 Å². The summed E-state index contributed by atoms with van der Waals surface area (Å²) < 4.78 is 0. The average molecular weight is 350 g/mol. The topological polar surface area (TPSA) is 28.2 Å². The second-order valence-electron chi connectivity index (χ2n) is 6.71. The molecule has 3 heterocycles. The molecular formula is C18H24ClN3S. The largest absolute Gasteiger partial charge is 0.316 e. The Morgan fingerprint density at radius 1 is 1.22 bits per heavy atom. The number of nitrogens with zero attached hydrogens (tertiary/aromatic N) is 2. The van der Waals surface area contributed by atoms with E-state index in [1.807, 2.05) is 0 Å². The average Bonchev–Trinajstić information content (AvgIpc) is 3.17. The van der Waals surface area contributed by atoms with E-state index in [2.05, 4.69) is 46.8 Å². The first-order valence-electron chi connectivity index (χ1n) is 8.22. The van der Waals surface area contributed by atoms with E-state index in [0.717, 1.165) is 23.4 Å². The zero-order valence-electron chi connectivity index (χ0n) is 13.5. The predicted octanol–water partition coefficient (Wildman–Crippen LogP) is 3.58. The van der Waals surface area contributed by atoms with Crippen molar-refractivity contribution in [1.82, 2.24) is 15.2 Å². The summed E-state index contributed by atoms with van der Waals surface area (Å²) in [5.74, 6) is 1.76. The first kappa shape index (κ1) is 16.9. The SMILES string of the molecule is Cc1ccc(-c2nc(CN3CCC4CNCC4C3)cs2)cc1.Cl. The summed E-state index contributed by atoms with van der Waals surface area (Å²) in [6.07, 6.45) is 1.34. The highest BCUT2D eigenvalue weighted by Gasteiger charge is 2.32. The zero-order chi connectivity index (χ0) is 14.9. The van der Waals surface area contributed by atoms with Crippen LogP contribution < -0.4 is 5.32 Å². The zero-order valence-corrected chi connectivity index (χ0v) is 15.1. The van der Waals surface area contributed by atoms with Crippen molar-refractivity contribution in [2.24, 2.45) is 11.8 Å². The van der Waals surface area contributed by atoms with Crippen molar-refractivity contribution < 1.29 is 0 Å². The van der Waals surface area contributed by atoms with Gasteiger partial charge in [0.25, 0.3) is 0 Å². The number of hydrogen-bond acceptors (Lipinski definition) is 4. The Morgan fingerprint density at radius 2 is 2.00 bits per heavy atom. The number of nitrogens with one attached hydrogen (secondary N) is 1. The Bertz CT molecular complexity index is 640. The maximum Gasteiger partial charge on any atom is 0.123 e. The van der Waals surface area contributed by atoms with Crippen molar-refractivity contribution in [1.29, 1.82) is 0 Å². The number of aryl methyl sites for hydroxylation is 1. The van der Waals surface area contributed by atoms with E-state index in [1.54, 1.807) is 11.3 Å². The third-order valence-corrected chi connectivity index (χ3v) is 5.96. The van der Waals surface area contributed by atoms with Gasteiger partial charge in [0.1, 0.15) is 5.01 Å². The molecule has 2 aliphatic rings. The molecule has 124 valence electrons. The third-order valence-electron chi connectivity index (χ3n) is 5.02. The minimum Gasteiger partial charge on any atom is -0.316 e. The number of likely N-dealkylation sites (tertiary alicyclic amines) is 1. The van der Waals surface area contributed by atoms with Crippen molar-refractivity contribution in [3.05, 3.63) is 40.9 Å². The lowest BCUT2D eigenvalue weighted by atomic mass is 9.89. The molecule has 2 fully saturated rings. The number of rotatable bonds is 3. The van der Waals surface area contributed by atoms with Crippen LogP contribution in [0.15, 0.2) is 29.6 Å². The standard InChI is InChI=1S/C18H23N3S.ClH/c1-13-2-4-14(5-3-13)18-20-17(12-22-18)11-21-7-6-15-8-19-9-16(15)10-21;/h2-5,12,15-16,19H,6-11H2,1H3;1H. The van der Waals surface area contributed by atoms with Gasteiger partial charge in [-0.1, -0.05) is 29.8 Å². The maximum atomic E-state index is 4.85. The lowest BCUT2D eigenvalue weighted by molar-refractivity contribution is 0.141. The number of aromatic nitrogens is 1. The van der Waals surface area contributed by atoms with E-state index < -0.39 is 0 Å². The molecule has 0 spiro atoms. The van der Waals surface area contributed by atoms with E-state index in [1.165, 1.54) is 49.4 Å². The van der Waals surface area contributed by atoms with Crippen molar-refractivity contribution in [2.75, 3.05) is 26.2 Å². The molecule has 0 amide bonds. The van der Waals surface area contributed by atoms with Crippen LogP contribution in [0.4, 0.5) is 0 Å². The molecule has 2 saturated heterocycles. The highest BCUT2D eigenvalue weighted by molar-refractivity contribution is 7.13. The molecule has 0 bridgehead atoms. The van der Waals surface area contributed by atoms with E-state index in [0.29, 0.717) is 0 Å². The van der Waals surface area contributed by atoms with Gasteiger partial charge in [-0.15, -0.1) is 23.7 Å². The molecule has 4 rings (SSSR count). The van der Waals surface area contributed by atoms with Gasteiger partial charge in [-0.2, -0.15) is 0 Å². The van der Waals surface area contributed by atoms with Crippen LogP contribution in [0.25, 0.3) is 10.6 Å². The molecule has 5 heteroatoms. The number of halogens is 1. The summed E-state index contributed by atoms with van der Waals surface area (Å²) in [6.45, 7) is 8.01. The number of thiazole rings is 1. The molecule has 23 heavy (non-hydrogen) atoms. The first-order chi connectivity index (χ1) is 10.8. The second kappa shape index (κ2) is 7.31. The van der Waals surface area contributed by atoms with E-state index >= 15 is 0 Å². The number of benzene rings is 1. The van der Waals surface area contributed by atoms with Crippen molar-refractivity contribution in [3.63, 3.8) is 0 Å². The summed E-state index contributed by atoms with van der Waals surface area (Å²) in [5, 5.41) is 6.91. The van der Waals surface area contributed by atoms with Crippen molar-refractivity contribution >= 4 is 23.7 Å². The predicted molar refractivity (Wildman–Crippen MR) is 99.3 cm³/mol. The molecule has 0 saturated carbocycles. The molecule has 1 aromatic heterocycles. The van der Waals surface area contributed by atoms with Crippen LogP contribution in [0.1, 0.15) is 17.7 Å². The Labute approximate surface area is 148 Å². The fourth-order valence-electron chi connectivity index (χ4n) is 3.69. The smallest absolute Gasteiger partial charge is 0.123 e. The number of piperidine rings is 1. The minimum absolute atomic E-state index is 0. The van der Waals surface area contributed by atoms with Gasteiger partial charge in [0.2, 0.25) is 0 Å². The summed E-state index contributed by atoms with van der Waals surface area (Å²) in [5.41, 5.74) is 3.76. The van der Waals surface area contributed by atoms with E-state index in [4.69, 9.17) is 4.98 Å². The first-order valence-corrected chi connectivity index (χ1v) is 9.10. The summed E-state index contributed by atoms with van der Waals surface area (Å²) in [6, 6.07) is 8.67. The monoisotopic (exact) mass is 349 g/mol. The lowest BCUT2D eigenvalue weighted by Crippen LogP contribution is -2.39.